The molecular formula is C11H14Cl3NO. The number of ketones is 1. The van der Waals surface area contributed by atoms with Gasteiger partial charge in [0.25, 0.3) is 0 Å². The Labute approximate surface area is 112 Å². The second-order valence-electron chi connectivity index (χ2n) is 3.65. The number of nitrogens with zero attached hydrogens (tertiary/aromatic N) is 1. The van der Waals surface area contributed by atoms with Crippen molar-refractivity contribution in [3.63, 3.8) is 0 Å². The number of carbonyl (C=O) groups excluding carboxylic acids is 1. The van der Waals surface area contributed by atoms with Crippen LogP contribution in [-0.4, -0.2) is 24.8 Å². The Morgan fingerprint density at radius 1 is 1.25 bits per heavy atom. The Balaban J connectivity index is 0.00000225. The van der Waals surface area contributed by atoms with E-state index in [-0.39, 0.29) is 24.2 Å². The first-order valence-electron chi connectivity index (χ1n) is 4.55. The second kappa shape index (κ2) is 6.45. The van der Waals surface area contributed by atoms with Gasteiger partial charge >= 0.3 is 0 Å². The maximum atomic E-state index is 11.5. The van der Waals surface area contributed by atoms with Crippen LogP contribution in [0.15, 0.2) is 18.2 Å². The summed E-state index contributed by atoms with van der Waals surface area (Å²) in [6.45, 7) is 1.56. The molecule has 0 bridgehead atoms. The molecule has 1 aromatic rings. The van der Waals surface area contributed by atoms with Crippen LogP contribution in [0.1, 0.15) is 18.5 Å². The summed E-state index contributed by atoms with van der Waals surface area (Å²) in [5, 5.41) is 0.976. The first kappa shape index (κ1) is 15.7. The number of rotatable bonds is 3. The van der Waals surface area contributed by atoms with Gasteiger partial charge in [0.05, 0.1) is 16.1 Å². The third-order valence-electron chi connectivity index (χ3n) is 2.16. The van der Waals surface area contributed by atoms with Crippen LogP contribution < -0.4 is 0 Å². The first-order valence-corrected chi connectivity index (χ1v) is 5.31. The second-order valence-corrected chi connectivity index (χ2v) is 4.46. The summed E-state index contributed by atoms with van der Waals surface area (Å²) in [5.74, 6) is 0.0818. The molecule has 1 unspecified atom stereocenters. The fraction of sp³-hybridized carbons (Fsp3) is 0.364. The van der Waals surface area contributed by atoms with E-state index < -0.39 is 0 Å². The number of benzene rings is 1. The quantitative estimate of drug-likeness (QED) is 0.844. The number of hydrogen-bond donors (Lipinski definition) is 0. The van der Waals surface area contributed by atoms with Gasteiger partial charge < -0.3 is 0 Å². The topological polar surface area (TPSA) is 20.3 Å². The zero-order valence-electron chi connectivity index (χ0n) is 9.33. The molecule has 90 valence electrons. The van der Waals surface area contributed by atoms with E-state index in [4.69, 9.17) is 23.2 Å². The molecule has 0 fully saturated rings. The zero-order chi connectivity index (χ0) is 11.6. The number of likely N-dealkylation sites (N-methyl/N-ethyl adjacent to an activating group) is 1. The van der Waals surface area contributed by atoms with Gasteiger partial charge in [-0.25, -0.2) is 0 Å². The molecule has 0 spiro atoms. The van der Waals surface area contributed by atoms with E-state index in [1.54, 1.807) is 19.1 Å². The average Bonchev–Trinajstić information content (AvgIpc) is 2.10. The molecule has 1 aromatic carbocycles. The van der Waals surface area contributed by atoms with Crippen molar-refractivity contribution in [1.29, 1.82) is 0 Å². The maximum Gasteiger partial charge on any atom is 0.151 e. The molecule has 0 radical (unpaired) electrons. The molecule has 1 atom stereocenters. The van der Waals surface area contributed by atoms with Crippen molar-refractivity contribution in [2.45, 2.75) is 13.0 Å². The van der Waals surface area contributed by atoms with Crippen LogP contribution in [-0.2, 0) is 4.79 Å². The highest BCUT2D eigenvalue weighted by Crippen LogP contribution is 2.27. The normalized spacial score (nSPS) is 12.1. The van der Waals surface area contributed by atoms with Crippen LogP contribution in [0.4, 0.5) is 0 Å². The summed E-state index contributed by atoms with van der Waals surface area (Å²) in [6, 6.07) is 4.99. The van der Waals surface area contributed by atoms with Crippen LogP contribution in [0.2, 0.25) is 10.0 Å². The Kier molecular flexibility index (Phi) is 6.34. The van der Waals surface area contributed by atoms with Crippen LogP contribution in [0, 0.1) is 0 Å². The summed E-state index contributed by atoms with van der Waals surface area (Å²) in [6.07, 6.45) is 0. The van der Waals surface area contributed by atoms with Crippen molar-refractivity contribution in [2.75, 3.05) is 14.1 Å². The van der Waals surface area contributed by atoms with E-state index in [0.29, 0.717) is 10.0 Å². The largest absolute Gasteiger partial charge is 0.298 e. The minimum atomic E-state index is -0.264. The molecule has 0 saturated carbocycles. The standard InChI is InChI=1S/C11H13Cl2NO.ClH/c1-7(15)11(14(2)3)8-4-5-9(12)10(13)6-8;/h4-6,11H,1-3H3;1H. The maximum absolute atomic E-state index is 11.5. The molecule has 2 nitrogen and oxygen atoms in total. The third-order valence-corrected chi connectivity index (χ3v) is 2.90. The van der Waals surface area contributed by atoms with Crippen LogP contribution in [0.25, 0.3) is 0 Å². The molecule has 0 amide bonds. The predicted molar refractivity (Wildman–Crippen MR) is 70.8 cm³/mol. The summed E-state index contributed by atoms with van der Waals surface area (Å²) in [4.78, 5) is 13.3. The summed E-state index contributed by atoms with van der Waals surface area (Å²) >= 11 is 11.7. The van der Waals surface area contributed by atoms with Crippen LogP contribution >= 0.6 is 35.6 Å². The van der Waals surface area contributed by atoms with E-state index in [1.807, 2.05) is 25.1 Å². The molecular weight excluding hydrogens is 268 g/mol. The van der Waals surface area contributed by atoms with Gasteiger partial charge in [0.1, 0.15) is 0 Å². The van der Waals surface area contributed by atoms with Gasteiger partial charge in [-0.2, -0.15) is 0 Å². The van der Waals surface area contributed by atoms with E-state index in [2.05, 4.69) is 0 Å². The fourth-order valence-electron chi connectivity index (χ4n) is 1.58. The van der Waals surface area contributed by atoms with Gasteiger partial charge in [0.15, 0.2) is 5.78 Å². The SMILES string of the molecule is CC(=O)C(c1ccc(Cl)c(Cl)c1)N(C)C.Cl. The molecule has 0 aromatic heterocycles. The van der Waals surface area contributed by atoms with Gasteiger partial charge in [-0.1, -0.05) is 29.3 Å². The Morgan fingerprint density at radius 3 is 2.19 bits per heavy atom. The van der Waals surface area contributed by atoms with Crippen molar-refractivity contribution in [3.05, 3.63) is 33.8 Å². The zero-order valence-corrected chi connectivity index (χ0v) is 11.7. The monoisotopic (exact) mass is 281 g/mol. The minimum Gasteiger partial charge on any atom is -0.298 e. The van der Waals surface area contributed by atoms with Gasteiger partial charge in [0, 0.05) is 0 Å². The average molecular weight is 283 g/mol. The van der Waals surface area contributed by atoms with Crippen LogP contribution in [0.3, 0.4) is 0 Å². The molecule has 5 heteroatoms. The van der Waals surface area contributed by atoms with Crippen molar-refractivity contribution in [1.82, 2.24) is 4.90 Å². The molecule has 0 aliphatic heterocycles. The molecule has 1 rings (SSSR count). The number of halogens is 3. The molecule has 0 N–H and O–H groups in total. The van der Waals surface area contributed by atoms with Gasteiger partial charge in [-0.3, -0.25) is 9.69 Å². The van der Waals surface area contributed by atoms with Crippen molar-refractivity contribution < 1.29 is 4.79 Å². The first-order chi connectivity index (χ1) is 6.93. The van der Waals surface area contributed by atoms with Crippen molar-refractivity contribution in [3.8, 4) is 0 Å². The predicted octanol–water partition coefficient (Wildman–Crippen LogP) is 3.61. The molecule has 0 saturated heterocycles. The minimum absolute atomic E-state index is 0. The van der Waals surface area contributed by atoms with E-state index in [9.17, 15) is 4.79 Å². The lowest BCUT2D eigenvalue weighted by Gasteiger charge is -2.22. The lowest BCUT2D eigenvalue weighted by atomic mass is 10.0. The van der Waals surface area contributed by atoms with Crippen LogP contribution in [0.5, 0.6) is 0 Å². The molecule has 16 heavy (non-hydrogen) atoms. The van der Waals surface area contributed by atoms with Crippen molar-refractivity contribution >= 4 is 41.4 Å². The van der Waals surface area contributed by atoms with Gasteiger partial charge in [0.2, 0.25) is 0 Å². The van der Waals surface area contributed by atoms with E-state index in [1.165, 1.54) is 0 Å². The third kappa shape index (κ3) is 3.63. The Hall–Kier alpha value is -0.280. The highest BCUT2D eigenvalue weighted by atomic mass is 35.5. The number of hydrogen-bond acceptors (Lipinski definition) is 2. The summed E-state index contributed by atoms with van der Waals surface area (Å²) in [7, 11) is 3.71. The Bertz CT molecular complexity index is 379. The molecule has 0 heterocycles. The fourth-order valence-corrected chi connectivity index (χ4v) is 1.89. The van der Waals surface area contributed by atoms with Gasteiger partial charge in [-0.05, 0) is 38.7 Å². The number of Topliss-reactive ketones (excluding diaryl/α,β-unsaturated/α-hetero) is 1. The molecule has 0 aliphatic carbocycles. The summed E-state index contributed by atoms with van der Waals surface area (Å²) < 4.78 is 0. The summed E-state index contributed by atoms with van der Waals surface area (Å²) in [5.41, 5.74) is 0.863. The number of carbonyl (C=O) groups is 1. The van der Waals surface area contributed by atoms with Gasteiger partial charge in [-0.15, -0.1) is 12.4 Å². The lowest BCUT2D eigenvalue weighted by Crippen LogP contribution is -2.25. The Morgan fingerprint density at radius 2 is 1.81 bits per heavy atom. The lowest BCUT2D eigenvalue weighted by molar-refractivity contribution is -0.121. The highest BCUT2D eigenvalue weighted by molar-refractivity contribution is 6.42. The smallest absolute Gasteiger partial charge is 0.151 e. The molecule has 0 aliphatic rings. The van der Waals surface area contributed by atoms with E-state index in [0.717, 1.165) is 5.56 Å². The highest BCUT2D eigenvalue weighted by Gasteiger charge is 2.19. The van der Waals surface area contributed by atoms with Crippen molar-refractivity contribution in [2.24, 2.45) is 0 Å². The van der Waals surface area contributed by atoms with E-state index >= 15 is 0 Å².